The van der Waals surface area contributed by atoms with Crippen LogP contribution in [0.25, 0.3) is 0 Å². The van der Waals surface area contributed by atoms with E-state index in [0.717, 1.165) is 38.6 Å². The standard InChI is InChI=1S/C18H31FN4O2/c1-15(25-17-8-6-16(19)7-9-17)14-22-18(20-2)21-10-12-23(3)11-5-13-24-4/h6-9,15H,5,10-14H2,1-4H3,(H2,20,21,22). The van der Waals surface area contributed by atoms with Gasteiger partial charge in [-0.25, -0.2) is 4.39 Å². The highest BCUT2D eigenvalue weighted by Gasteiger charge is 2.06. The molecule has 0 aliphatic carbocycles. The molecular weight excluding hydrogens is 323 g/mol. The highest BCUT2D eigenvalue weighted by atomic mass is 19.1. The van der Waals surface area contributed by atoms with Gasteiger partial charge in [-0.1, -0.05) is 0 Å². The fourth-order valence-corrected chi connectivity index (χ4v) is 2.20. The predicted molar refractivity (Wildman–Crippen MR) is 99.8 cm³/mol. The van der Waals surface area contributed by atoms with E-state index in [-0.39, 0.29) is 11.9 Å². The molecule has 1 atom stereocenters. The van der Waals surface area contributed by atoms with Gasteiger partial charge in [0.1, 0.15) is 17.7 Å². The van der Waals surface area contributed by atoms with Crippen LogP contribution in [-0.2, 0) is 4.74 Å². The third kappa shape index (κ3) is 9.89. The summed E-state index contributed by atoms with van der Waals surface area (Å²) in [5.74, 6) is 1.12. The van der Waals surface area contributed by atoms with E-state index in [1.807, 2.05) is 6.92 Å². The zero-order valence-electron chi connectivity index (χ0n) is 15.7. The van der Waals surface area contributed by atoms with Crippen molar-refractivity contribution in [3.8, 4) is 5.75 Å². The molecule has 7 heteroatoms. The number of likely N-dealkylation sites (N-methyl/N-ethyl adjacent to an activating group) is 1. The SMILES string of the molecule is CN=C(NCCN(C)CCCOC)NCC(C)Oc1ccc(F)cc1. The lowest BCUT2D eigenvalue weighted by molar-refractivity contribution is 0.180. The number of benzene rings is 1. The second kappa shape index (κ2) is 12.5. The topological polar surface area (TPSA) is 58.1 Å². The van der Waals surface area contributed by atoms with E-state index in [1.54, 1.807) is 26.3 Å². The summed E-state index contributed by atoms with van der Waals surface area (Å²) in [6.07, 6.45) is 0.957. The van der Waals surface area contributed by atoms with Gasteiger partial charge in [-0.2, -0.15) is 0 Å². The second-order valence-corrected chi connectivity index (χ2v) is 5.91. The molecule has 0 aliphatic rings. The number of nitrogens with one attached hydrogen (secondary N) is 2. The average molecular weight is 354 g/mol. The maximum absolute atomic E-state index is 12.9. The van der Waals surface area contributed by atoms with E-state index >= 15 is 0 Å². The van der Waals surface area contributed by atoms with Crippen molar-refractivity contribution < 1.29 is 13.9 Å². The molecular formula is C18H31FN4O2. The van der Waals surface area contributed by atoms with E-state index in [9.17, 15) is 4.39 Å². The van der Waals surface area contributed by atoms with Crippen LogP contribution in [0.15, 0.2) is 29.3 Å². The van der Waals surface area contributed by atoms with Gasteiger partial charge in [0, 0.05) is 40.4 Å². The Hall–Kier alpha value is -1.86. The Morgan fingerprint density at radius 1 is 1.24 bits per heavy atom. The number of rotatable bonds is 11. The summed E-state index contributed by atoms with van der Waals surface area (Å²) in [7, 11) is 5.55. The van der Waals surface area contributed by atoms with Gasteiger partial charge in [0.05, 0.1) is 6.54 Å². The van der Waals surface area contributed by atoms with E-state index in [1.165, 1.54) is 12.1 Å². The molecule has 1 rings (SSSR count). The van der Waals surface area contributed by atoms with E-state index in [2.05, 4.69) is 27.6 Å². The van der Waals surface area contributed by atoms with Crippen LogP contribution in [0.3, 0.4) is 0 Å². The Balaban J connectivity index is 2.21. The summed E-state index contributed by atoms with van der Waals surface area (Å²) >= 11 is 0. The van der Waals surface area contributed by atoms with E-state index in [4.69, 9.17) is 9.47 Å². The first-order chi connectivity index (χ1) is 12.0. The Kier molecular flexibility index (Phi) is 10.6. The molecule has 142 valence electrons. The maximum Gasteiger partial charge on any atom is 0.191 e. The Morgan fingerprint density at radius 3 is 2.60 bits per heavy atom. The molecule has 1 aromatic rings. The van der Waals surface area contributed by atoms with Crippen LogP contribution < -0.4 is 15.4 Å². The minimum absolute atomic E-state index is 0.0688. The molecule has 2 N–H and O–H groups in total. The number of methoxy groups -OCH3 is 1. The summed E-state index contributed by atoms with van der Waals surface area (Å²) in [5.41, 5.74) is 0. The molecule has 1 aromatic carbocycles. The van der Waals surface area contributed by atoms with Crippen LogP contribution in [0.5, 0.6) is 5.75 Å². The average Bonchev–Trinajstić information content (AvgIpc) is 2.60. The molecule has 1 unspecified atom stereocenters. The van der Waals surface area contributed by atoms with Gasteiger partial charge in [-0.3, -0.25) is 4.99 Å². The molecule has 0 saturated carbocycles. The number of ether oxygens (including phenoxy) is 2. The summed E-state index contributed by atoms with van der Waals surface area (Å²) in [4.78, 5) is 6.45. The largest absolute Gasteiger partial charge is 0.489 e. The van der Waals surface area contributed by atoms with Crippen molar-refractivity contribution in [1.29, 1.82) is 0 Å². The van der Waals surface area contributed by atoms with Gasteiger partial charge in [-0.05, 0) is 44.7 Å². The summed E-state index contributed by atoms with van der Waals surface area (Å²) < 4.78 is 23.7. The first-order valence-corrected chi connectivity index (χ1v) is 8.59. The van der Waals surface area contributed by atoms with Crippen molar-refractivity contribution in [1.82, 2.24) is 15.5 Å². The van der Waals surface area contributed by atoms with Crippen LogP contribution in [0.4, 0.5) is 4.39 Å². The number of nitrogens with zero attached hydrogens (tertiary/aromatic N) is 2. The van der Waals surface area contributed by atoms with Crippen molar-refractivity contribution in [2.24, 2.45) is 4.99 Å². The summed E-state index contributed by atoms with van der Waals surface area (Å²) in [6, 6.07) is 6.02. The fraction of sp³-hybridized carbons (Fsp3) is 0.611. The van der Waals surface area contributed by atoms with Crippen molar-refractivity contribution >= 4 is 5.96 Å². The molecule has 6 nitrogen and oxygen atoms in total. The lowest BCUT2D eigenvalue weighted by Gasteiger charge is -2.20. The number of aliphatic imine (C=N–C) groups is 1. The third-order valence-corrected chi connectivity index (χ3v) is 3.61. The smallest absolute Gasteiger partial charge is 0.191 e. The summed E-state index contributed by atoms with van der Waals surface area (Å²) in [5, 5.41) is 6.51. The van der Waals surface area contributed by atoms with Crippen LogP contribution in [0.1, 0.15) is 13.3 Å². The summed E-state index contributed by atoms with van der Waals surface area (Å²) in [6.45, 7) is 6.06. The number of halogens is 1. The van der Waals surface area contributed by atoms with E-state index < -0.39 is 0 Å². The van der Waals surface area contributed by atoms with Gasteiger partial charge < -0.3 is 25.0 Å². The normalized spacial score (nSPS) is 13.0. The molecule has 0 saturated heterocycles. The van der Waals surface area contributed by atoms with Crippen molar-refractivity contribution in [2.45, 2.75) is 19.4 Å². The van der Waals surface area contributed by atoms with Crippen LogP contribution in [-0.4, -0.2) is 71.0 Å². The number of hydrogen-bond acceptors (Lipinski definition) is 4. The molecule has 0 heterocycles. The predicted octanol–water partition coefficient (Wildman–Crippen LogP) is 1.73. The van der Waals surface area contributed by atoms with Gasteiger partial charge in [-0.15, -0.1) is 0 Å². The molecule has 0 fully saturated rings. The third-order valence-electron chi connectivity index (χ3n) is 3.61. The van der Waals surface area contributed by atoms with Crippen molar-refractivity contribution in [3.63, 3.8) is 0 Å². The second-order valence-electron chi connectivity index (χ2n) is 5.91. The molecule has 0 amide bonds. The van der Waals surface area contributed by atoms with Gasteiger partial charge >= 0.3 is 0 Å². The molecule has 25 heavy (non-hydrogen) atoms. The lowest BCUT2D eigenvalue weighted by atomic mass is 10.3. The Labute approximate surface area is 150 Å². The first kappa shape index (κ1) is 21.2. The minimum Gasteiger partial charge on any atom is -0.489 e. The van der Waals surface area contributed by atoms with Gasteiger partial charge in [0.25, 0.3) is 0 Å². The first-order valence-electron chi connectivity index (χ1n) is 8.59. The highest BCUT2D eigenvalue weighted by molar-refractivity contribution is 5.79. The number of hydrogen-bond donors (Lipinski definition) is 2. The molecule has 0 bridgehead atoms. The monoisotopic (exact) mass is 354 g/mol. The Bertz CT molecular complexity index is 496. The molecule has 0 spiro atoms. The van der Waals surface area contributed by atoms with Gasteiger partial charge in [0.15, 0.2) is 5.96 Å². The van der Waals surface area contributed by atoms with Crippen molar-refractivity contribution in [3.05, 3.63) is 30.1 Å². The quantitative estimate of drug-likeness (QED) is 0.360. The van der Waals surface area contributed by atoms with Crippen LogP contribution in [0, 0.1) is 5.82 Å². The van der Waals surface area contributed by atoms with Crippen molar-refractivity contribution in [2.75, 3.05) is 54.0 Å². The minimum atomic E-state index is -0.269. The molecule has 0 radical (unpaired) electrons. The zero-order chi connectivity index (χ0) is 18.5. The van der Waals surface area contributed by atoms with Crippen LogP contribution in [0.2, 0.25) is 0 Å². The van der Waals surface area contributed by atoms with Crippen LogP contribution >= 0.6 is 0 Å². The molecule has 0 aliphatic heterocycles. The fourth-order valence-electron chi connectivity index (χ4n) is 2.20. The zero-order valence-corrected chi connectivity index (χ0v) is 15.7. The number of guanidine groups is 1. The lowest BCUT2D eigenvalue weighted by Crippen LogP contribution is -2.44. The van der Waals surface area contributed by atoms with Gasteiger partial charge in [0.2, 0.25) is 0 Å². The highest BCUT2D eigenvalue weighted by Crippen LogP contribution is 2.12. The maximum atomic E-state index is 12.9. The Morgan fingerprint density at radius 2 is 1.96 bits per heavy atom. The molecule has 0 aromatic heterocycles. The van der Waals surface area contributed by atoms with E-state index in [0.29, 0.717) is 12.3 Å².